The highest BCUT2D eigenvalue weighted by Crippen LogP contribution is 2.61. The second-order valence-corrected chi connectivity index (χ2v) is 16.4. The zero-order valence-electron chi connectivity index (χ0n) is 26.4. The van der Waals surface area contributed by atoms with Gasteiger partial charge in [-0.2, -0.15) is 0 Å². The Morgan fingerprint density at radius 2 is 1.14 bits per heavy atom. The highest BCUT2D eigenvalue weighted by molar-refractivity contribution is 5.85. The third-order valence-corrected chi connectivity index (χ3v) is 12.7. The molecule has 0 aliphatic heterocycles. The minimum atomic E-state index is 0.0868. The molecule has 4 bridgehead atoms. The van der Waals surface area contributed by atoms with Crippen LogP contribution < -0.4 is 0 Å². The minimum absolute atomic E-state index is 0.0868. The van der Waals surface area contributed by atoms with Crippen molar-refractivity contribution in [3.05, 3.63) is 107 Å². The highest BCUT2D eigenvalue weighted by Gasteiger charge is 2.51. The predicted molar refractivity (Wildman–Crippen MR) is 181 cm³/mol. The molecule has 0 amide bonds. The third kappa shape index (κ3) is 4.01. The van der Waals surface area contributed by atoms with E-state index in [1.54, 1.807) is 16.7 Å². The largest absolute Gasteiger partial charge is 0.0619 e. The van der Waals surface area contributed by atoms with Gasteiger partial charge in [0, 0.05) is 5.41 Å². The quantitative estimate of drug-likeness (QED) is 0.233. The zero-order valence-corrected chi connectivity index (χ0v) is 26.4. The molecule has 1 spiro atoms. The minimum Gasteiger partial charge on any atom is -0.0619 e. The normalized spacial score (nSPS) is 27.9. The molecule has 0 saturated heterocycles. The van der Waals surface area contributed by atoms with Crippen LogP contribution in [0.3, 0.4) is 0 Å². The molecule has 6 aliphatic rings. The average Bonchev–Trinajstić information content (AvgIpc) is 3.60. The smallest absolute Gasteiger partial charge is 0.0215 e. The number of fused-ring (bicyclic) bond motifs is 5. The first-order valence-electron chi connectivity index (χ1n) is 17.3. The van der Waals surface area contributed by atoms with Gasteiger partial charge in [-0.1, -0.05) is 106 Å². The van der Waals surface area contributed by atoms with E-state index in [1.807, 2.05) is 0 Å². The summed E-state index contributed by atoms with van der Waals surface area (Å²) < 4.78 is 0. The summed E-state index contributed by atoms with van der Waals surface area (Å²) in [5.74, 6) is 2.96. The first kappa shape index (κ1) is 26.3. The summed E-state index contributed by atoms with van der Waals surface area (Å²) in [5, 5.41) is 0. The van der Waals surface area contributed by atoms with Crippen molar-refractivity contribution in [2.24, 2.45) is 17.8 Å². The van der Waals surface area contributed by atoms with Crippen molar-refractivity contribution in [1.82, 2.24) is 0 Å². The molecule has 0 atom stereocenters. The molecular weight excluding hydrogens is 516 g/mol. The molecule has 0 heterocycles. The lowest BCUT2D eigenvalue weighted by molar-refractivity contribution is -0.00518. The van der Waals surface area contributed by atoms with Crippen LogP contribution in [0.4, 0.5) is 0 Å². The second kappa shape index (κ2) is 9.20. The average molecular weight is 563 g/mol. The van der Waals surface area contributed by atoms with Crippen molar-refractivity contribution in [2.45, 2.75) is 101 Å². The predicted octanol–water partition coefficient (Wildman–Crippen LogP) is 11.6. The maximum atomic E-state index is 2.57. The maximum absolute atomic E-state index is 2.57. The van der Waals surface area contributed by atoms with Gasteiger partial charge >= 0.3 is 0 Å². The Hall–Kier alpha value is -3.12. The van der Waals surface area contributed by atoms with Gasteiger partial charge in [0.25, 0.3) is 0 Å². The molecular formula is C43H46. The number of rotatable bonds is 3. The maximum Gasteiger partial charge on any atom is 0.0215 e. The standard InChI is InChI=1S/C43H46/c1-41(2,3)36-22-33(31-10-13-35(14-11-31)42-25-28-18-29(26-42)20-30(19-28)27-42)21-34(23-36)32-12-15-38-37-8-4-5-9-39(37)43(40(38)24-32)16-6-7-17-43/h4-5,8-15,21-24,28-30H,6-7,16-20,25-27H2,1-3H3. The number of hydrogen-bond acceptors (Lipinski definition) is 0. The molecule has 0 nitrogen and oxygen atoms in total. The van der Waals surface area contributed by atoms with Crippen molar-refractivity contribution < 1.29 is 0 Å². The fraction of sp³-hybridized carbons (Fsp3) is 0.442. The van der Waals surface area contributed by atoms with Crippen LogP contribution >= 0.6 is 0 Å². The van der Waals surface area contributed by atoms with E-state index in [1.165, 1.54) is 103 Å². The van der Waals surface area contributed by atoms with Crippen LogP contribution in [0.25, 0.3) is 33.4 Å². The topological polar surface area (TPSA) is 0 Å². The van der Waals surface area contributed by atoms with Gasteiger partial charge < -0.3 is 0 Å². The van der Waals surface area contributed by atoms with Crippen molar-refractivity contribution in [3.8, 4) is 33.4 Å². The van der Waals surface area contributed by atoms with Crippen LogP contribution in [0, 0.1) is 17.8 Å². The molecule has 4 aromatic carbocycles. The summed E-state index contributed by atoms with van der Waals surface area (Å²) in [6, 6.07) is 34.0. The molecule has 218 valence electrons. The lowest BCUT2D eigenvalue weighted by Gasteiger charge is -2.57. The lowest BCUT2D eigenvalue weighted by Crippen LogP contribution is -2.48. The van der Waals surface area contributed by atoms with Crippen molar-refractivity contribution in [2.75, 3.05) is 0 Å². The van der Waals surface area contributed by atoms with E-state index < -0.39 is 0 Å². The van der Waals surface area contributed by atoms with E-state index in [9.17, 15) is 0 Å². The summed E-state index contributed by atoms with van der Waals surface area (Å²) in [6.07, 6.45) is 14.1. The van der Waals surface area contributed by atoms with Gasteiger partial charge in [-0.15, -0.1) is 0 Å². The first-order valence-corrected chi connectivity index (χ1v) is 17.3. The molecule has 0 radical (unpaired) electrons. The van der Waals surface area contributed by atoms with E-state index in [2.05, 4.69) is 106 Å². The fourth-order valence-electron chi connectivity index (χ4n) is 11.0. The third-order valence-electron chi connectivity index (χ3n) is 12.7. The van der Waals surface area contributed by atoms with Gasteiger partial charge in [-0.25, -0.2) is 0 Å². The van der Waals surface area contributed by atoms with Crippen LogP contribution in [0.5, 0.6) is 0 Å². The summed E-state index contributed by atoms with van der Waals surface area (Å²) in [5.41, 5.74) is 15.3. The summed E-state index contributed by atoms with van der Waals surface area (Å²) in [7, 11) is 0. The molecule has 0 aromatic heterocycles. The Labute approximate surface area is 259 Å². The number of hydrogen-bond donors (Lipinski definition) is 0. The summed E-state index contributed by atoms with van der Waals surface area (Å²) >= 11 is 0. The molecule has 0 unspecified atom stereocenters. The van der Waals surface area contributed by atoms with Crippen LogP contribution in [0.2, 0.25) is 0 Å². The molecule has 5 saturated carbocycles. The Balaban J connectivity index is 1.12. The summed E-state index contributed by atoms with van der Waals surface area (Å²) in [4.78, 5) is 0. The Morgan fingerprint density at radius 1 is 0.558 bits per heavy atom. The van der Waals surface area contributed by atoms with Crippen LogP contribution in [0.15, 0.2) is 84.9 Å². The van der Waals surface area contributed by atoms with Gasteiger partial charge in [0.1, 0.15) is 0 Å². The van der Waals surface area contributed by atoms with E-state index in [0.29, 0.717) is 5.41 Å². The first-order chi connectivity index (χ1) is 20.8. The van der Waals surface area contributed by atoms with E-state index in [0.717, 1.165) is 17.8 Å². The monoisotopic (exact) mass is 562 g/mol. The van der Waals surface area contributed by atoms with Crippen LogP contribution in [0.1, 0.15) is 107 Å². The van der Waals surface area contributed by atoms with E-state index >= 15 is 0 Å². The molecule has 0 N–H and O–H groups in total. The van der Waals surface area contributed by atoms with Gasteiger partial charge in [-0.05, 0) is 148 Å². The van der Waals surface area contributed by atoms with Gasteiger partial charge in [0.15, 0.2) is 0 Å². The molecule has 43 heavy (non-hydrogen) atoms. The van der Waals surface area contributed by atoms with Crippen molar-refractivity contribution in [3.63, 3.8) is 0 Å². The van der Waals surface area contributed by atoms with Crippen molar-refractivity contribution >= 4 is 0 Å². The van der Waals surface area contributed by atoms with Crippen LogP contribution in [-0.2, 0) is 16.2 Å². The SMILES string of the molecule is CC(C)(C)c1cc(-c2ccc(C34CC5CC(CC(C5)C3)C4)cc2)cc(-c2ccc3c(c2)C2(CCCC2)c2ccccc2-3)c1. The van der Waals surface area contributed by atoms with Crippen LogP contribution in [-0.4, -0.2) is 0 Å². The molecule has 4 aromatic rings. The van der Waals surface area contributed by atoms with Crippen molar-refractivity contribution in [1.29, 1.82) is 0 Å². The van der Waals surface area contributed by atoms with E-state index in [-0.39, 0.29) is 10.8 Å². The molecule has 0 heteroatoms. The Kier molecular flexibility index (Phi) is 5.63. The highest BCUT2D eigenvalue weighted by atomic mass is 14.6. The van der Waals surface area contributed by atoms with Gasteiger partial charge in [0.05, 0.1) is 0 Å². The lowest BCUT2D eigenvalue weighted by atomic mass is 9.48. The van der Waals surface area contributed by atoms with Gasteiger partial charge in [-0.3, -0.25) is 0 Å². The second-order valence-electron chi connectivity index (χ2n) is 16.4. The van der Waals surface area contributed by atoms with E-state index in [4.69, 9.17) is 0 Å². The Bertz CT molecular complexity index is 1680. The molecule has 10 rings (SSSR count). The number of benzene rings is 4. The molecule has 6 aliphatic carbocycles. The Morgan fingerprint density at radius 3 is 1.79 bits per heavy atom. The summed E-state index contributed by atoms with van der Waals surface area (Å²) in [6.45, 7) is 7.08. The van der Waals surface area contributed by atoms with Gasteiger partial charge in [0.2, 0.25) is 0 Å². The molecule has 5 fully saturated rings. The fourth-order valence-corrected chi connectivity index (χ4v) is 11.0. The zero-order chi connectivity index (χ0) is 29.0.